The highest BCUT2D eigenvalue weighted by atomic mass is 32.1. The lowest BCUT2D eigenvalue weighted by atomic mass is 10.2. The molecule has 2 amide bonds. The van der Waals surface area contributed by atoms with E-state index < -0.39 is 11.8 Å². The topological polar surface area (TPSA) is 87.5 Å². The molecule has 0 bridgehead atoms. The lowest BCUT2D eigenvalue weighted by Gasteiger charge is -2.20. The van der Waals surface area contributed by atoms with Crippen LogP contribution in [0.15, 0.2) is 0 Å². The first-order valence-corrected chi connectivity index (χ1v) is 6.80. The molecule has 0 fully saturated rings. The Morgan fingerprint density at radius 2 is 1.79 bits per heavy atom. The summed E-state index contributed by atoms with van der Waals surface area (Å²) >= 11 is 4.59. The quantitative estimate of drug-likeness (QED) is 0.322. The van der Waals surface area contributed by atoms with E-state index in [1.165, 1.54) is 0 Å². The van der Waals surface area contributed by atoms with Crippen molar-refractivity contribution in [1.82, 2.24) is 15.5 Å². The van der Waals surface area contributed by atoms with Crippen LogP contribution in [0.5, 0.6) is 0 Å². The molecule has 0 aliphatic heterocycles. The summed E-state index contributed by atoms with van der Waals surface area (Å²) < 4.78 is 0. The number of carbonyl (C=O) groups excluding carboxylic acids is 2. The largest absolute Gasteiger partial charge is 0.392 e. The number of nitrogens with two attached hydrogens (primary N) is 1. The van der Waals surface area contributed by atoms with E-state index >= 15 is 0 Å². The standard InChI is InChI=1S/C12H24N4O2S/c1-9(2)16(3)7-5-4-6-14-11(17)12(18)15-8-10(13)19/h9H,4-8H2,1-3H3,(H2,13,19)(H,14,17)(H,15,18). The minimum Gasteiger partial charge on any atom is -0.392 e. The van der Waals surface area contributed by atoms with Crippen LogP contribution in [0.4, 0.5) is 0 Å². The van der Waals surface area contributed by atoms with Gasteiger partial charge in [0.15, 0.2) is 0 Å². The molecule has 0 atom stereocenters. The first kappa shape index (κ1) is 17.8. The van der Waals surface area contributed by atoms with Crippen LogP contribution in [-0.4, -0.2) is 54.4 Å². The monoisotopic (exact) mass is 288 g/mol. The van der Waals surface area contributed by atoms with Crippen LogP contribution in [0, 0.1) is 0 Å². The average Bonchev–Trinajstić information content (AvgIpc) is 2.34. The highest BCUT2D eigenvalue weighted by molar-refractivity contribution is 7.80. The van der Waals surface area contributed by atoms with E-state index in [2.05, 4.69) is 48.6 Å². The number of nitrogens with zero attached hydrogens (tertiary/aromatic N) is 1. The van der Waals surface area contributed by atoms with Gasteiger partial charge in [0.05, 0.1) is 11.5 Å². The van der Waals surface area contributed by atoms with Gasteiger partial charge in [0.1, 0.15) is 0 Å². The van der Waals surface area contributed by atoms with E-state index in [0.29, 0.717) is 12.6 Å². The first-order chi connectivity index (χ1) is 8.84. The van der Waals surface area contributed by atoms with Crippen LogP contribution >= 0.6 is 12.2 Å². The number of amides is 2. The molecular weight excluding hydrogens is 264 g/mol. The van der Waals surface area contributed by atoms with Gasteiger partial charge >= 0.3 is 11.8 Å². The minimum atomic E-state index is -0.702. The zero-order chi connectivity index (χ0) is 14.8. The van der Waals surface area contributed by atoms with Gasteiger partial charge in [-0.1, -0.05) is 12.2 Å². The van der Waals surface area contributed by atoms with Crippen LogP contribution < -0.4 is 16.4 Å². The molecule has 0 unspecified atom stereocenters. The molecule has 0 aromatic rings. The van der Waals surface area contributed by atoms with Gasteiger partial charge < -0.3 is 21.3 Å². The molecule has 0 saturated carbocycles. The van der Waals surface area contributed by atoms with Crippen molar-refractivity contribution in [1.29, 1.82) is 0 Å². The second-order valence-corrected chi connectivity index (χ2v) is 5.21. The lowest BCUT2D eigenvalue weighted by molar-refractivity contribution is -0.139. The van der Waals surface area contributed by atoms with Crippen molar-refractivity contribution in [2.45, 2.75) is 32.7 Å². The summed E-state index contributed by atoms with van der Waals surface area (Å²) in [7, 11) is 2.06. The summed E-state index contributed by atoms with van der Waals surface area (Å²) in [5, 5.41) is 4.89. The predicted molar refractivity (Wildman–Crippen MR) is 79.8 cm³/mol. The fourth-order valence-corrected chi connectivity index (χ4v) is 1.35. The minimum absolute atomic E-state index is 0.0424. The van der Waals surface area contributed by atoms with Crippen molar-refractivity contribution < 1.29 is 9.59 Å². The Kier molecular flexibility index (Phi) is 9.07. The fourth-order valence-electron chi connectivity index (χ4n) is 1.27. The Balaban J connectivity index is 3.63. The maximum absolute atomic E-state index is 11.3. The SMILES string of the molecule is CC(C)N(C)CCCCNC(=O)C(=O)NCC(N)=S. The summed E-state index contributed by atoms with van der Waals surface area (Å²) in [4.78, 5) is 25.0. The molecule has 4 N–H and O–H groups in total. The van der Waals surface area contributed by atoms with Crippen LogP contribution in [0.25, 0.3) is 0 Å². The Bertz CT molecular complexity index is 321. The Morgan fingerprint density at radius 3 is 2.32 bits per heavy atom. The molecule has 0 rings (SSSR count). The first-order valence-electron chi connectivity index (χ1n) is 6.39. The van der Waals surface area contributed by atoms with Crippen LogP contribution in [0.3, 0.4) is 0 Å². The third kappa shape index (κ3) is 9.38. The van der Waals surface area contributed by atoms with Gasteiger partial charge in [-0.05, 0) is 40.3 Å². The molecule has 0 spiro atoms. The smallest absolute Gasteiger partial charge is 0.309 e. The second-order valence-electron chi connectivity index (χ2n) is 4.69. The van der Waals surface area contributed by atoms with Gasteiger partial charge in [0.2, 0.25) is 0 Å². The maximum atomic E-state index is 11.3. The summed E-state index contributed by atoms with van der Waals surface area (Å²) in [6.45, 7) is 5.77. The van der Waals surface area contributed by atoms with Gasteiger partial charge in [-0.3, -0.25) is 9.59 Å². The Morgan fingerprint density at radius 1 is 1.21 bits per heavy atom. The third-order valence-electron chi connectivity index (χ3n) is 2.73. The third-order valence-corrected chi connectivity index (χ3v) is 2.88. The number of nitrogens with one attached hydrogen (secondary N) is 2. The van der Waals surface area contributed by atoms with E-state index in [9.17, 15) is 9.59 Å². The molecule has 19 heavy (non-hydrogen) atoms. The summed E-state index contributed by atoms with van der Waals surface area (Å²) in [5.41, 5.74) is 5.21. The molecule has 0 aromatic carbocycles. The van der Waals surface area contributed by atoms with Crippen molar-refractivity contribution >= 4 is 29.0 Å². The zero-order valence-corrected chi connectivity index (χ0v) is 12.7. The summed E-state index contributed by atoms with van der Waals surface area (Å²) in [5.74, 6) is -1.35. The number of carbonyl (C=O) groups is 2. The fraction of sp³-hybridized carbons (Fsp3) is 0.750. The normalized spacial score (nSPS) is 10.6. The van der Waals surface area contributed by atoms with Gasteiger partial charge in [0.25, 0.3) is 0 Å². The molecule has 0 saturated heterocycles. The predicted octanol–water partition coefficient (Wildman–Crippen LogP) is -0.375. The highest BCUT2D eigenvalue weighted by Crippen LogP contribution is 1.97. The number of hydrogen-bond donors (Lipinski definition) is 3. The second kappa shape index (κ2) is 9.69. The average molecular weight is 288 g/mol. The van der Waals surface area contributed by atoms with E-state index in [-0.39, 0.29) is 11.5 Å². The highest BCUT2D eigenvalue weighted by Gasteiger charge is 2.12. The number of rotatable bonds is 8. The number of thiocarbonyl (C=S) groups is 1. The van der Waals surface area contributed by atoms with Gasteiger partial charge in [-0.25, -0.2) is 0 Å². The molecule has 6 nitrogen and oxygen atoms in total. The van der Waals surface area contributed by atoms with Crippen molar-refractivity contribution in [3.63, 3.8) is 0 Å². The van der Waals surface area contributed by atoms with Crippen LogP contribution in [-0.2, 0) is 9.59 Å². The Labute approximate surface area is 120 Å². The van der Waals surface area contributed by atoms with Gasteiger partial charge in [-0.2, -0.15) is 0 Å². The molecular formula is C12H24N4O2S. The zero-order valence-electron chi connectivity index (χ0n) is 11.9. The van der Waals surface area contributed by atoms with E-state index in [1.54, 1.807) is 0 Å². The van der Waals surface area contributed by atoms with Crippen molar-refractivity contribution in [2.75, 3.05) is 26.7 Å². The van der Waals surface area contributed by atoms with Crippen LogP contribution in [0.2, 0.25) is 0 Å². The molecule has 0 radical (unpaired) electrons. The van der Waals surface area contributed by atoms with Gasteiger partial charge in [0, 0.05) is 12.6 Å². The van der Waals surface area contributed by atoms with Gasteiger partial charge in [-0.15, -0.1) is 0 Å². The van der Waals surface area contributed by atoms with Crippen molar-refractivity contribution in [3.05, 3.63) is 0 Å². The molecule has 110 valence electrons. The Hall–Kier alpha value is -1.21. The summed E-state index contributed by atoms with van der Waals surface area (Å²) in [6.07, 6.45) is 1.81. The van der Waals surface area contributed by atoms with Crippen LogP contribution in [0.1, 0.15) is 26.7 Å². The van der Waals surface area contributed by atoms with E-state index in [1.807, 2.05) is 0 Å². The molecule has 7 heteroatoms. The van der Waals surface area contributed by atoms with E-state index in [4.69, 9.17) is 5.73 Å². The molecule has 0 aliphatic rings. The van der Waals surface area contributed by atoms with E-state index in [0.717, 1.165) is 19.4 Å². The maximum Gasteiger partial charge on any atom is 0.309 e. The summed E-state index contributed by atoms with van der Waals surface area (Å²) in [6, 6.07) is 0.514. The van der Waals surface area contributed by atoms with Crippen molar-refractivity contribution in [2.24, 2.45) is 5.73 Å². The molecule has 0 aliphatic carbocycles. The number of hydrogen-bond acceptors (Lipinski definition) is 4. The number of unbranched alkanes of at least 4 members (excludes halogenated alkanes) is 1. The molecule has 0 heterocycles. The molecule has 0 aromatic heterocycles. The van der Waals surface area contributed by atoms with Crippen molar-refractivity contribution in [3.8, 4) is 0 Å². The lowest BCUT2D eigenvalue weighted by Crippen LogP contribution is -2.43.